The maximum Gasteiger partial charge on any atom is 0.294 e. The van der Waals surface area contributed by atoms with Crippen molar-refractivity contribution in [3.05, 3.63) is 89.7 Å². The molecule has 3 rings (SSSR count). The van der Waals surface area contributed by atoms with Gasteiger partial charge in [0.05, 0.1) is 4.90 Å². The number of pyridine rings is 1. The molecular formula is C22H24N2O3S. The van der Waals surface area contributed by atoms with E-state index in [1.807, 2.05) is 80.5 Å². The van der Waals surface area contributed by atoms with Crippen molar-refractivity contribution in [2.45, 2.75) is 11.8 Å². The predicted molar refractivity (Wildman–Crippen MR) is 115 cm³/mol. The number of hydrogen-bond donors (Lipinski definition) is 1. The number of benzene rings is 2. The summed E-state index contributed by atoms with van der Waals surface area (Å²) in [5.41, 5.74) is 4.12. The molecule has 0 saturated carbocycles. The third kappa shape index (κ3) is 6.98. The minimum atomic E-state index is -4.13. The zero-order valence-electron chi connectivity index (χ0n) is 16.1. The van der Waals surface area contributed by atoms with Gasteiger partial charge in [-0.1, -0.05) is 42.5 Å². The summed E-state index contributed by atoms with van der Waals surface area (Å²) in [5, 5.41) is 0. The third-order valence-corrected chi connectivity index (χ3v) is 4.74. The van der Waals surface area contributed by atoms with Crippen LogP contribution in [0.2, 0.25) is 0 Å². The Balaban J connectivity index is 0.000000336. The number of aromatic nitrogens is 1. The lowest BCUT2D eigenvalue weighted by Gasteiger charge is -2.11. The van der Waals surface area contributed by atoms with Crippen molar-refractivity contribution >= 4 is 28.0 Å². The molecule has 1 N–H and O–H groups in total. The van der Waals surface area contributed by atoms with Crippen molar-refractivity contribution in [3.8, 4) is 0 Å². The Kier molecular flexibility index (Phi) is 7.49. The van der Waals surface area contributed by atoms with E-state index in [1.165, 1.54) is 12.1 Å². The van der Waals surface area contributed by atoms with Crippen LogP contribution in [0.4, 0.5) is 5.69 Å². The van der Waals surface area contributed by atoms with Gasteiger partial charge < -0.3 is 4.90 Å². The summed E-state index contributed by atoms with van der Waals surface area (Å²) in [5.74, 6) is 0. The average molecular weight is 397 g/mol. The normalized spacial score (nSPS) is 11.0. The second-order valence-corrected chi connectivity index (χ2v) is 7.76. The molecular weight excluding hydrogens is 372 g/mol. The predicted octanol–water partition coefficient (Wildman–Crippen LogP) is 4.56. The van der Waals surface area contributed by atoms with Gasteiger partial charge in [0.25, 0.3) is 10.1 Å². The molecule has 0 saturated heterocycles. The Labute approximate surface area is 166 Å². The largest absolute Gasteiger partial charge is 0.378 e. The molecule has 0 aliphatic heterocycles. The van der Waals surface area contributed by atoms with Crippen molar-refractivity contribution < 1.29 is 13.0 Å². The first kappa shape index (κ1) is 21.3. The summed E-state index contributed by atoms with van der Waals surface area (Å²) in [6.45, 7) is 1.97. The summed E-state index contributed by atoms with van der Waals surface area (Å²) in [7, 11) is -0.153. The van der Waals surface area contributed by atoms with Gasteiger partial charge in [-0.25, -0.2) is 0 Å². The van der Waals surface area contributed by atoms with Crippen molar-refractivity contribution in [3.63, 3.8) is 0 Å². The van der Waals surface area contributed by atoms with Gasteiger partial charge in [0.2, 0.25) is 0 Å². The van der Waals surface area contributed by atoms with Crippen LogP contribution >= 0.6 is 0 Å². The molecule has 0 bridgehead atoms. The summed E-state index contributed by atoms with van der Waals surface area (Å²) >= 11 is 0. The minimum absolute atomic E-state index is 0.102. The van der Waals surface area contributed by atoms with Gasteiger partial charge in [0.15, 0.2) is 0 Å². The van der Waals surface area contributed by atoms with E-state index < -0.39 is 10.1 Å². The van der Waals surface area contributed by atoms with E-state index >= 15 is 0 Å². The fourth-order valence-electron chi connectivity index (χ4n) is 2.28. The zero-order valence-corrected chi connectivity index (χ0v) is 17.0. The van der Waals surface area contributed by atoms with Gasteiger partial charge in [0, 0.05) is 31.7 Å². The van der Waals surface area contributed by atoms with Gasteiger partial charge in [0.1, 0.15) is 0 Å². The fourth-order valence-corrected chi connectivity index (χ4v) is 2.76. The number of rotatable bonds is 4. The van der Waals surface area contributed by atoms with Gasteiger partial charge in [-0.3, -0.25) is 9.54 Å². The molecule has 1 heterocycles. The molecule has 0 aliphatic carbocycles. The molecule has 5 nitrogen and oxygen atoms in total. The number of nitrogens with zero attached hydrogens (tertiary/aromatic N) is 2. The molecule has 1 aromatic heterocycles. The maximum atomic E-state index is 10.9. The van der Waals surface area contributed by atoms with Crippen LogP contribution < -0.4 is 4.90 Å². The number of aryl methyl sites for hydroxylation is 1. The second-order valence-electron chi connectivity index (χ2n) is 6.33. The van der Waals surface area contributed by atoms with Gasteiger partial charge >= 0.3 is 0 Å². The molecule has 0 fully saturated rings. The second kappa shape index (κ2) is 9.82. The van der Waals surface area contributed by atoms with Crippen LogP contribution in [0.3, 0.4) is 0 Å². The van der Waals surface area contributed by atoms with E-state index in [0.29, 0.717) is 0 Å². The van der Waals surface area contributed by atoms with Crippen LogP contribution in [0.5, 0.6) is 0 Å². The highest BCUT2D eigenvalue weighted by Crippen LogP contribution is 2.16. The molecule has 2 aromatic carbocycles. The lowest BCUT2D eigenvalue weighted by molar-refractivity contribution is 0.483. The van der Waals surface area contributed by atoms with E-state index in [1.54, 1.807) is 18.3 Å². The van der Waals surface area contributed by atoms with Crippen molar-refractivity contribution in [2.75, 3.05) is 19.0 Å². The van der Waals surface area contributed by atoms with E-state index in [4.69, 9.17) is 4.55 Å². The third-order valence-electron chi connectivity index (χ3n) is 3.87. The monoisotopic (exact) mass is 396 g/mol. The van der Waals surface area contributed by atoms with Crippen LogP contribution in [0.1, 0.15) is 16.8 Å². The van der Waals surface area contributed by atoms with E-state index in [9.17, 15) is 8.42 Å². The van der Waals surface area contributed by atoms with Crippen molar-refractivity contribution in [1.29, 1.82) is 0 Å². The van der Waals surface area contributed by atoms with Crippen molar-refractivity contribution in [1.82, 2.24) is 4.98 Å². The smallest absolute Gasteiger partial charge is 0.294 e. The van der Waals surface area contributed by atoms with Crippen LogP contribution in [0.15, 0.2) is 77.8 Å². The van der Waals surface area contributed by atoms with Crippen LogP contribution in [-0.2, 0) is 10.1 Å². The molecule has 0 amide bonds. The first-order valence-electron chi connectivity index (χ1n) is 8.66. The minimum Gasteiger partial charge on any atom is -0.378 e. The summed E-state index contributed by atoms with van der Waals surface area (Å²) < 4.78 is 30.8. The average Bonchev–Trinajstić information content (AvgIpc) is 2.67. The first-order chi connectivity index (χ1) is 13.3. The molecule has 0 aliphatic rings. The van der Waals surface area contributed by atoms with Crippen LogP contribution in [0, 0.1) is 6.92 Å². The molecule has 0 spiro atoms. The lowest BCUT2D eigenvalue weighted by Crippen LogP contribution is -2.07. The highest BCUT2D eigenvalue weighted by atomic mass is 32.2. The SMILES string of the molecule is CN(C)c1ccc(C=Cc2ccc(S(=O)(=O)O)cc2)cc1.Cc1ccccn1. The first-order valence-corrected chi connectivity index (χ1v) is 10.1. The van der Waals surface area contributed by atoms with E-state index in [0.717, 1.165) is 22.5 Å². The zero-order chi connectivity index (χ0) is 20.6. The lowest BCUT2D eigenvalue weighted by atomic mass is 10.1. The molecule has 3 aromatic rings. The van der Waals surface area contributed by atoms with E-state index in [-0.39, 0.29) is 4.90 Å². The Hall–Kier alpha value is -2.96. The summed E-state index contributed by atoms with van der Waals surface area (Å²) in [6.07, 6.45) is 5.62. The Morgan fingerprint density at radius 2 is 1.39 bits per heavy atom. The molecule has 28 heavy (non-hydrogen) atoms. The van der Waals surface area contributed by atoms with Gasteiger partial charge in [-0.05, 0) is 54.4 Å². The van der Waals surface area contributed by atoms with E-state index in [2.05, 4.69) is 4.98 Å². The standard InChI is InChI=1S/C16H17NO3S.C6H7N/c1-17(2)15-9-5-13(6-10-15)3-4-14-7-11-16(12-8-14)21(18,19)20;1-6-4-2-3-5-7-6/h3-12H,1-2H3,(H,18,19,20);2-5H,1H3. The highest BCUT2D eigenvalue weighted by molar-refractivity contribution is 7.85. The molecule has 0 atom stereocenters. The molecule has 0 radical (unpaired) electrons. The number of hydrogen-bond acceptors (Lipinski definition) is 4. The fraction of sp³-hybridized carbons (Fsp3) is 0.136. The van der Waals surface area contributed by atoms with Gasteiger partial charge in [-0.2, -0.15) is 8.42 Å². The van der Waals surface area contributed by atoms with Crippen LogP contribution in [0.25, 0.3) is 12.2 Å². The maximum absolute atomic E-state index is 10.9. The molecule has 146 valence electrons. The van der Waals surface area contributed by atoms with Crippen molar-refractivity contribution in [2.24, 2.45) is 0 Å². The Bertz CT molecular complexity index is 996. The Morgan fingerprint density at radius 1 is 0.857 bits per heavy atom. The quantitative estimate of drug-likeness (QED) is 0.517. The van der Waals surface area contributed by atoms with Crippen LogP contribution in [-0.4, -0.2) is 32.0 Å². The summed E-state index contributed by atoms with van der Waals surface area (Å²) in [6, 6.07) is 20.0. The molecule has 0 unspecified atom stereocenters. The topological polar surface area (TPSA) is 70.5 Å². The Morgan fingerprint density at radius 3 is 1.75 bits per heavy atom. The molecule has 6 heteroatoms. The van der Waals surface area contributed by atoms with Gasteiger partial charge in [-0.15, -0.1) is 0 Å². The number of anilines is 1. The summed E-state index contributed by atoms with van der Waals surface area (Å²) in [4.78, 5) is 5.91. The highest BCUT2D eigenvalue weighted by Gasteiger charge is 2.07.